The van der Waals surface area contributed by atoms with E-state index in [4.69, 9.17) is 0 Å². The predicted molar refractivity (Wildman–Crippen MR) is 107 cm³/mol. The van der Waals surface area contributed by atoms with Crippen molar-refractivity contribution >= 4 is 26.9 Å². The molecule has 0 amide bonds. The van der Waals surface area contributed by atoms with E-state index in [1.54, 1.807) is 23.1 Å². The van der Waals surface area contributed by atoms with Crippen LogP contribution in [0.5, 0.6) is 0 Å². The smallest absolute Gasteiger partial charge is 0.353 e. The Morgan fingerprint density at radius 1 is 0.800 bits per heavy atom. The van der Waals surface area contributed by atoms with Gasteiger partial charge >= 0.3 is 6.18 Å². The molecule has 2 saturated heterocycles. The van der Waals surface area contributed by atoms with Gasteiger partial charge in [0.05, 0.1) is 5.52 Å². The Balaban J connectivity index is 1.56. The van der Waals surface area contributed by atoms with Crippen LogP contribution in [0, 0.1) is 0 Å². The van der Waals surface area contributed by atoms with Crippen LogP contribution < -0.4 is 4.90 Å². The Labute approximate surface area is 173 Å². The van der Waals surface area contributed by atoms with E-state index in [9.17, 15) is 21.6 Å². The molecule has 0 saturated carbocycles. The van der Waals surface area contributed by atoms with Crippen LogP contribution in [0.4, 0.5) is 19.0 Å². The van der Waals surface area contributed by atoms with Crippen molar-refractivity contribution in [1.82, 2.24) is 18.6 Å². The Hall–Kier alpha value is -1.98. The first kappa shape index (κ1) is 21.3. The van der Waals surface area contributed by atoms with E-state index >= 15 is 0 Å². The first-order valence-electron chi connectivity index (χ1n) is 10.1. The van der Waals surface area contributed by atoms with Gasteiger partial charge in [0.25, 0.3) is 10.2 Å². The first-order chi connectivity index (χ1) is 14.3. The molecule has 0 radical (unpaired) electrons. The summed E-state index contributed by atoms with van der Waals surface area (Å²) >= 11 is 0. The number of halogens is 3. The zero-order valence-electron chi connectivity index (χ0n) is 16.5. The summed E-state index contributed by atoms with van der Waals surface area (Å²) in [5.41, 5.74) is 0.217. The van der Waals surface area contributed by atoms with Crippen LogP contribution in [0.15, 0.2) is 24.3 Å². The van der Waals surface area contributed by atoms with Gasteiger partial charge in [-0.05, 0) is 25.0 Å². The molecule has 3 heterocycles. The van der Waals surface area contributed by atoms with E-state index in [2.05, 4.69) is 9.97 Å². The molecule has 0 bridgehead atoms. The monoisotopic (exact) mass is 443 g/mol. The van der Waals surface area contributed by atoms with Gasteiger partial charge in [0.2, 0.25) is 5.82 Å². The van der Waals surface area contributed by atoms with Crippen molar-refractivity contribution < 1.29 is 21.6 Å². The van der Waals surface area contributed by atoms with Crippen LogP contribution in [-0.2, 0) is 16.4 Å². The number of piperazine rings is 1. The van der Waals surface area contributed by atoms with Gasteiger partial charge in [-0.1, -0.05) is 25.0 Å². The number of benzene rings is 1. The van der Waals surface area contributed by atoms with Crippen LogP contribution in [-0.4, -0.2) is 66.3 Å². The number of alkyl halides is 3. The minimum Gasteiger partial charge on any atom is -0.353 e. The summed E-state index contributed by atoms with van der Waals surface area (Å²) < 4.78 is 68.8. The van der Waals surface area contributed by atoms with Gasteiger partial charge in [0.1, 0.15) is 5.82 Å². The highest BCUT2D eigenvalue weighted by atomic mass is 32.2. The lowest BCUT2D eigenvalue weighted by Gasteiger charge is -2.37. The minimum atomic E-state index is -4.66. The second-order valence-electron chi connectivity index (χ2n) is 7.59. The third-order valence-electron chi connectivity index (χ3n) is 5.59. The Kier molecular flexibility index (Phi) is 5.86. The summed E-state index contributed by atoms with van der Waals surface area (Å²) in [5, 5.41) is 0.523. The second kappa shape index (κ2) is 8.27. The Morgan fingerprint density at radius 3 is 2.03 bits per heavy atom. The molecule has 2 fully saturated rings. The molecule has 2 aliphatic rings. The average molecular weight is 443 g/mol. The molecular formula is C19H24F3N5O2S. The van der Waals surface area contributed by atoms with E-state index in [-0.39, 0.29) is 37.5 Å². The van der Waals surface area contributed by atoms with Crippen molar-refractivity contribution in [2.45, 2.75) is 31.9 Å². The third-order valence-corrected chi connectivity index (χ3v) is 7.63. The SMILES string of the molecule is O=S(=O)(N1CCCCCC1)N1CCN(c2nc(C(F)(F)F)nc3ccccc23)CC1. The highest BCUT2D eigenvalue weighted by Gasteiger charge is 2.37. The van der Waals surface area contributed by atoms with Gasteiger partial charge in [-0.25, -0.2) is 9.97 Å². The van der Waals surface area contributed by atoms with Crippen LogP contribution in [0.1, 0.15) is 31.5 Å². The van der Waals surface area contributed by atoms with Gasteiger partial charge in [0, 0.05) is 44.7 Å². The van der Waals surface area contributed by atoms with Crippen molar-refractivity contribution in [2.75, 3.05) is 44.2 Å². The lowest BCUT2D eigenvalue weighted by Crippen LogP contribution is -2.53. The van der Waals surface area contributed by atoms with Crippen LogP contribution >= 0.6 is 0 Å². The molecule has 0 unspecified atom stereocenters. The summed E-state index contributed by atoms with van der Waals surface area (Å²) in [5.74, 6) is -0.990. The van der Waals surface area contributed by atoms with Crippen molar-refractivity contribution in [1.29, 1.82) is 0 Å². The summed E-state index contributed by atoms with van der Waals surface area (Å²) in [6, 6.07) is 6.56. The second-order valence-corrected chi connectivity index (χ2v) is 9.52. The summed E-state index contributed by atoms with van der Waals surface area (Å²) in [6.45, 7) is 2.00. The molecule has 1 aromatic carbocycles. The van der Waals surface area contributed by atoms with Crippen molar-refractivity contribution in [3.63, 3.8) is 0 Å². The van der Waals surface area contributed by atoms with Crippen LogP contribution in [0.25, 0.3) is 10.9 Å². The fourth-order valence-corrected chi connectivity index (χ4v) is 5.66. The fraction of sp³-hybridized carbons (Fsp3) is 0.579. The molecule has 0 spiro atoms. The number of nitrogens with zero attached hydrogens (tertiary/aromatic N) is 5. The number of anilines is 1. The molecule has 11 heteroatoms. The molecular weight excluding hydrogens is 419 g/mol. The molecule has 7 nitrogen and oxygen atoms in total. The van der Waals surface area contributed by atoms with Gasteiger partial charge < -0.3 is 4.90 Å². The Morgan fingerprint density at radius 2 is 1.40 bits per heavy atom. The topological polar surface area (TPSA) is 69.6 Å². The zero-order chi connectivity index (χ0) is 21.4. The number of aromatic nitrogens is 2. The number of fused-ring (bicyclic) bond motifs is 1. The predicted octanol–water partition coefficient (Wildman–Crippen LogP) is 2.89. The van der Waals surface area contributed by atoms with Gasteiger partial charge in [0.15, 0.2) is 0 Å². The van der Waals surface area contributed by atoms with E-state index < -0.39 is 22.2 Å². The molecule has 0 atom stereocenters. The van der Waals surface area contributed by atoms with Crippen LogP contribution in [0.3, 0.4) is 0 Å². The summed E-state index contributed by atoms with van der Waals surface area (Å²) in [4.78, 5) is 9.16. The van der Waals surface area contributed by atoms with Gasteiger partial charge in [-0.3, -0.25) is 0 Å². The van der Waals surface area contributed by atoms with Gasteiger partial charge in [-0.2, -0.15) is 30.2 Å². The maximum atomic E-state index is 13.3. The molecule has 0 aliphatic carbocycles. The van der Waals surface area contributed by atoms with Gasteiger partial charge in [-0.15, -0.1) is 0 Å². The molecule has 2 aliphatic heterocycles. The van der Waals surface area contributed by atoms with Crippen LogP contribution in [0.2, 0.25) is 0 Å². The van der Waals surface area contributed by atoms with E-state index in [1.165, 1.54) is 14.7 Å². The molecule has 164 valence electrons. The van der Waals surface area contributed by atoms with E-state index in [0.717, 1.165) is 25.7 Å². The average Bonchev–Trinajstić information content (AvgIpc) is 3.02. The van der Waals surface area contributed by atoms with Crippen molar-refractivity contribution in [3.8, 4) is 0 Å². The molecule has 4 rings (SSSR count). The molecule has 30 heavy (non-hydrogen) atoms. The molecule has 1 aromatic heterocycles. The number of hydrogen-bond acceptors (Lipinski definition) is 5. The number of para-hydroxylation sites is 1. The summed E-state index contributed by atoms with van der Waals surface area (Å²) in [7, 11) is -3.56. The maximum absolute atomic E-state index is 13.3. The van der Waals surface area contributed by atoms with E-state index in [1.807, 2.05) is 0 Å². The van der Waals surface area contributed by atoms with E-state index in [0.29, 0.717) is 18.5 Å². The quantitative estimate of drug-likeness (QED) is 0.730. The summed E-state index contributed by atoms with van der Waals surface area (Å²) in [6.07, 6.45) is -0.889. The largest absolute Gasteiger partial charge is 0.451 e. The highest BCUT2D eigenvalue weighted by molar-refractivity contribution is 7.86. The standard InChI is InChI=1S/C19H24F3N5O2S/c20-19(21,22)18-23-16-8-4-3-7-15(16)17(24-18)25-11-13-27(14-12-25)30(28,29)26-9-5-1-2-6-10-26/h3-4,7-8H,1-2,5-6,9-14H2. The number of hydrogen-bond donors (Lipinski definition) is 0. The number of rotatable bonds is 3. The zero-order valence-corrected chi connectivity index (χ0v) is 17.3. The maximum Gasteiger partial charge on any atom is 0.451 e. The molecule has 2 aromatic rings. The fourth-order valence-electron chi connectivity index (χ4n) is 3.99. The highest BCUT2D eigenvalue weighted by Crippen LogP contribution is 2.32. The van der Waals surface area contributed by atoms with Crippen molar-refractivity contribution in [2.24, 2.45) is 0 Å². The molecule has 0 N–H and O–H groups in total. The van der Waals surface area contributed by atoms with Crippen molar-refractivity contribution in [3.05, 3.63) is 30.1 Å². The lowest BCUT2D eigenvalue weighted by atomic mass is 10.2. The Bertz CT molecular complexity index is 999. The first-order valence-corrected chi connectivity index (χ1v) is 11.5. The lowest BCUT2D eigenvalue weighted by molar-refractivity contribution is -0.144. The minimum absolute atomic E-state index is 0.194. The third kappa shape index (κ3) is 4.23. The normalized spacial score (nSPS) is 20.4.